The molecular formula is C18H21N3O6S2. The number of hydrogen-bond acceptors (Lipinski definition) is 8. The molecule has 0 unspecified atom stereocenters. The van der Waals surface area contributed by atoms with Gasteiger partial charge in [0.05, 0.1) is 36.5 Å². The first kappa shape index (κ1) is 20.4. The number of carboxylic acid groups (broad SMARTS) is 1. The highest BCUT2D eigenvalue weighted by atomic mass is 32.2. The molecule has 2 aromatic rings. The van der Waals surface area contributed by atoms with Gasteiger partial charge in [0.1, 0.15) is 21.9 Å². The molecule has 5 atom stereocenters. The summed E-state index contributed by atoms with van der Waals surface area (Å²) in [6.45, 7) is 3.09. The molecule has 0 saturated carbocycles. The molecule has 9 nitrogen and oxygen atoms in total. The predicted molar refractivity (Wildman–Crippen MR) is 106 cm³/mol. The number of aliphatic hydroxyl groups excluding tert-OH is 3. The summed E-state index contributed by atoms with van der Waals surface area (Å²) in [5, 5.41) is 40.9. The molecular weight excluding hydrogens is 418 g/mol. The van der Waals surface area contributed by atoms with Gasteiger partial charge in [0.25, 0.3) is 0 Å². The Morgan fingerprint density at radius 3 is 2.76 bits per heavy atom. The van der Waals surface area contributed by atoms with Crippen LogP contribution in [0.25, 0.3) is 10.4 Å². The third-order valence-corrected chi connectivity index (χ3v) is 7.71. The van der Waals surface area contributed by atoms with Crippen molar-refractivity contribution in [3.63, 3.8) is 0 Å². The summed E-state index contributed by atoms with van der Waals surface area (Å²) in [7, 11) is 0. The Balaban J connectivity index is 1.74. The van der Waals surface area contributed by atoms with E-state index < -0.39 is 24.1 Å². The van der Waals surface area contributed by atoms with Gasteiger partial charge in [-0.05, 0) is 6.92 Å². The summed E-state index contributed by atoms with van der Waals surface area (Å²) in [4.78, 5) is 31.0. The summed E-state index contributed by atoms with van der Waals surface area (Å²) in [6, 6.07) is -0.379. The second-order valence-corrected chi connectivity index (χ2v) is 9.18. The quantitative estimate of drug-likeness (QED) is 0.362. The first-order valence-electron chi connectivity index (χ1n) is 9.13. The molecule has 0 aromatic carbocycles. The van der Waals surface area contributed by atoms with Crippen molar-refractivity contribution in [1.82, 2.24) is 14.3 Å². The lowest BCUT2D eigenvalue weighted by Gasteiger charge is -2.46. The Labute approximate surface area is 174 Å². The van der Waals surface area contributed by atoms with Crippen LogP contribution in [0, 0.1) is 11.8 Å². The van der Waals surface area contributed by atoms with Gasteiger partial charge < -0.3 is 25.3 Å². The van der Waals surface area contributed by atoms with E-state index in [1.165, 1.54) is 28.0 Å². The van der Waals surface area contributed by atoms with Gasteiger partial charge in [0.15, 0.2) is 0 Å². The van der Waals surface area contributed by atoms with E-state index in [9.17, 15) is 24.9 Å². The van der Waals surface area contributed by atoms with Gasteiger partial charge >= 0.3 is 5.97 Å². The maximum absolute atomic E-state index is 12.5. The van der Waals surface area contributed by atoms with Crippen LogP contribution in [-0.2, 0) is 9.59 Å². The first-order chi connectivity index (χ1) is 13.8. The Hall–Kier alpha value is -1.92. The molecule has 0 radical (unpaired) electrons. The van der Waals surface area contributed by atoms with Gasteiger partial charge in [-0.25, -0.2) is 9.78 Å². The molecule has 0 spiro atoms. The number of aliphatic carboxylic acids is 1. The standard InChI is InChI=1S/C18H21N3O6S2/c1-7-11(14(18(26)27)21-13(7)12(8(2)23)16(21)25)10-5-29-17-15(19-6-20(10)17)28-4-9(24)3-22/h5-9,12-13,22-24H,3-4H2,1-2H3,(H,26,27)/t7-,8+,9+,12+,13+/m0/s1. The lowest BCUT2D eigenvalue weighted by molar-refractivity contribution is -0.163. The van der Waals surface area contributed by atoms with Crippen LogP contribution in [0.4, 0.5) is 0 Å². The van der Waals surface area contributed by atoms with Crippen LogP contribution < -0.4 is 0 Å². The maximum atomic E-state index is 12.5. The number of aromatic nitrogens is 2. The van der Waals surface area contributed by atoms with Gasteiger partial charge in [-0.2, -0.15) is 0 Å². The molecule has 2 aliphatic rings. The van der Waals surface area contributed by atoms with Gasteiger partial charge in [0, 0.05) is 22.6 Å². The molecule has 4 heterocycles. The third kappa shape index (κ3) is 2.99. The number of amides is 1. The molecule has 2 aromatic heterocycles. The number of fused-ring (bicyclic) bond motifs is 2. The molecule has 156 valence electrons. The van der Waals surface area contributed by atoms with Crippen molar-refractivity contribution >= 4 is 45.4 Å². The van der Waals surface area contributed by atoms with E-state index in [2.05, 4.69) is 4.98 Å². The number of carboxylic acids is 1. The predicted octanol–water partition coefficient (Wildman–Crippen LogP) is 0.494. The number of aliphatic hydroxyl groups is 3. The second kappa shape index (κ2) is 7.40. The molecule has 0 aliphatic carbocycles. The maximum Gasteiger partial charge on any atom is 0.352 e. The SMILES string of the molecule is C[C@@H](O)[C@H]1C(=O)N2C(C(=O)O)=C(c3csc4c(SC[C@H](O)CO)ncn34)[C@H](C)[C@H]12. The van der Waals surface area contributed by atoms with Crippen molar-refractivity contribution in [3.8, 4) is 0 Å². The van der Waals surface area contributed by atoms with Crippen LogP contribution in [0.5, 0.6) is 0 Å². The number of β-lactam (4-membered cyclic amide) rings is 1. The highest BCUT2D eigenvalue weighted by Gasteiger charge is 2.60. The van der Waals surface area contributed by atoms with E-state index in [-0.39, 0.29) is 35.9 Å². The Morgan fingerprint density at radius 1 is 1.41 bits per heavy atom. The Kier molecular flexibility index (Phi) is 5.20. The highest BCUT2D eigenvalue weighted by Crippen LogP contribution is 2.51. The summed E-state index contributed by atoms with van der Waals surface area (Å²) < 4.78 is 1.79. The lowest BCUT2D eigenvalue weighted by atomic mass is 9.77. The highest BCUT2D eigenvalue weighted by molar-refractivity contribution is 7.99. The number of carbonyl (C=O) groups excluding carboxylic acids is 1. The lowest BCUT2D eigenvalue weighted by Crippen LogP contribution is -2.63. The van der Waals surface area contributed by atoms with Crippen molar-refractivity contribution in [2.24, 2.45) is 11.8 Å². The molecule has 11 heteroatoms. The monoisotopic (exact) mass is 439 g/mol. The fourth-order valence-corrected chi connectivity index (χ4v) is 6.19. The van der Waals surface area contributed by atoms with Gasteiger partial charge in [-0.15, -0.1) is 23.1 Å². The van der Waals surface area contributed by atoms with Gasteiger partial charge in [-0.1, -0.05) is 6.92 Å². The zero-order chi connectivity index (χ0) is 21.0. The molecule has 4 rings (SSSR count). The molecule has 1 fully saturated rings. The number of imidazole rings is 1. The van der Waals surface area contributed by atoms with Crippen molar-refractivity contribution < 1.29 is 30.0 Å². The van der Waals surface area contributed by atoms with Crippen molar-refractivity contribution in [1.29, 1.82) is 0 Å². The number of hydrogen-bond donors (Lipinski definition) is 4. The van der Waals surface area contributed by atoms with E-state index >= 15 is 0 Å². The summed E-state index contributed by atoms with van der Waals surface area (Å²) in [5.41, 5.74) is 1.17. The van der Waals surface area contributed by atoms with E-state index in [1.807, 2.05) is 12.3 Å². The van der Waals surface area contributed by atoms with E-state index in [1.54, 1.807) is 17.7 Å². The average molecular weight is 440 g/mol. The minimum Gasteiger partial charge on any atom is -0.477 e. The van der Waals surface area contributed by atoms with Crippen LogP contribution in [0.2, 0.25) is 0 Å². The van der Waals surface area contributed by atoms with Crippen molar-refractivity contribution in [3.05, 3.63) is 23.1 Å². The van der Waals surface area contributed by atoms with Crippen LogP contribution >= 0.6 is 23.1 Å². The zero-order valence-electron chi connectivity index (χ0n) is 15.7. The molecule has 0 bridgehead atoms. The number of nitrogens with zero attached hydrogens (tertiary/aromatic N) is 3. The van der Waals surface area contributed by atoms with Crippen LogP contribution in [0.15, 0.2) is 22.4 Å². The Bertz CT molecular complexity index is 1010. The summed E-state index contributed by atoms with van der Waals surface area (Å²) in [5.74, 6) is -2.12. The molecule has 1 saturated heterocycles. The first-order valence-corrected chi connectivity index (χ1v) is 11.0. The van der Waals surface area contributed by atoms with Gasteiger partial charge in [-0.3, -0.25) is 9.20 Å². The minimum atomic E-state index is -1.17. The smallest absolute Gasteiger partial charge is 0.352 e. The second-order valence-electron chi connectivity index (χ2n) is 7.31. The third-order valence-electron chi connectivity index (χ3n) is 5.51. The fraction of sp³-hybridized carbons (Fsp3) is 0.500. The van der Waals surface area contributed by atoms with E-state index in [0.29, 0.717) is 16.3 Å². The van der Waals surface area contributed by atoms with Crippen molar-refractivity contribution in [2.75, 3.05) is 12.4 Å². The zero-order valence-corrected chi connectivity index (χ0v) is 17.4. The van der Waals surface area contributed by atoms with Crippen molar-refractivity contribution in [2.45, 2.75) is 37.1 Å². The van der Waals surface area contributed by atoms with Crippen LogP contribution in [0.3, 0.4) is 0 Å². The molecule has 2 aliphatic heterocycles. The number of carbonyl (C=O) groups is 2. The van der Waals surface area contributed by atoms with E-state index in [0.717, 1.165) is 4.83 Å². The molecule has 4 N–H and O–H groups in total. The van der Waals surface area contributed by atoms with Crippen LogP contribution in [0.1, 0.15) is 19.5 Å². The molecule has 1 amide bonds. The minimum absolute atomic E-state index is 0.0392. The number of rotatable bonds is 7. The topological polar surface area (TPSA) is 136 Å². The van der Waals surface area contributed by atoms with E-state index in [4.69, 9.17) is 5.11 Å². The average Bonchev–Trinajstić information content (AvgIpc) is 3.31. The van der Waals surface area contributed by atoms with Crippen LogP contribution in [-0.4, -0.2) is 77.2 Å². The summed E-state index contributed by atoms with van der Waals surface area (Å²) in [6.07, 6.45) is -0.103. The number of thiazole rings is 1. The van der Waals surface area contributed by atoms with Gasteiger partial charge in [0.2, 0.25) is 5.91 Å². The molecule has 29 heavy (non-hydrogen) atoms. The fourth-order valence-electron chi connectivity index (χ4n) is 4.19. The number of thioether (sulfide) groups is 1. The normalized spacial score (nSPS) is 26.0. The summed E-state index contributed by atoms with van der Waals surface area (Å²) >= 11 is 2.71. The Morgan fingerprint density at radius 2 is 2.14 bits per heavy atom. The largest absolute Gasteiger partial charge is 0.477 e.